The topological polar surface area (TPSA) is 37.3 Å². The minimum absolute atomic E-state index is 0.0243. The summed E-state index contributed by atoms with van der Waals surface area (Å²) in [6.07, 6.45) is 11.7. The van der Waals surface area contributed by atoms with E-state index in [9.17, 15) is 9.90 Å². The van der Waals surface area contributed by atoms with Gasteiger partial charge in [0.1, 0.15) is 5.78 Å². The molecule has 0 amide bonds. The first-order valence-corrected chi connectivity index (χ1v) is 13.8. The Morgan fingerprint density at radius 3 is 2.03 bits per heavy atom. The van der Waals surface area contributed by atoms with Gasteiger partial charge in [-0.15, -0.1) is 0 Å². The minimum Gasteiger partial charge on any atom is -0.393 e. The van der Waals surface area contributed by atoms with E-state index in [0.717, 1.165) is 25.2 Å². The monoisotopic (exact) mass is 442 g/mol. The maximum atomic E-state index is 12.7. The quantitative estimate of drug-likeness (QED) is 0.423. The van der Waals surface area contributed by atoms with Crippen molar-refractivity contribution in [1.82, 2.24) is 0 Å². The number of carbonyl (C=O) groups excluding carboxylic acids is 1. The van der Waals surface area contributed by atoms with Gasteiger partial charge >= 0.3 is 0 Å². The molecule has 5 aliphatic carbocycles. The highest BCUT2D eigenvalue weighted by molar-refractivity contribution is 5.82. The highest BCUT2D eigenvalue weighted by Crippen LogP contribution is 2.78. The molecule has 0 aromatic carbocycles. The van der Waals surface area contributed by atoms with Crippen molar-refractivity contribution in [2.24, 2.45) is 56.2 Å². The highest BCUT2D eigenvalue weighted by atomic mass is 16.3. The van der Waals surface area contributed by atoms with E-state index in [1.165, 1.54) is 44.9 Å². The molecule has 5 fully saturated rings. The fraction of sp³-hybridized carbons (Fsp3) is 0.967. The Labute approximate surface area is 197 Å². The van der Waals surface area contributed by atoms with E-state index in [-0.39, 0.29) is 28.3 Å². The smallest absolute Gasteiger partial charge is 0.136 e. The number of hydrogen-bond acceptors (Lipinski definition) is 2. The van der Waals surface area contributed by atoms with Crippen molar-refractivity contribution >= 4 is 5.78 Å². The summed E-state index contributed by atoms with van der Waals surface area (Å²) in [5.74, 6) is 2.92. The molecular formula is C30H50O2. The SMILES string of the molecule is C[C@H]1C(=O)CC[C@@H]2[C@]1(C)CC[C@H]1[C@@]2(C)CC[C@@]2(C)[C@@H]3CC(C)(C)[C@H](O)C[C@]3(C)CC[C@]12C. The van der Waals surface area contributed by atoms with E-state index in [0.29, 0.717) is 33.9 Å². The normalized spacial score (nSPS) is 59.4. The summed E-state index contributed by atoms with van der Waals surface area (Å²) in [5.41, 5.74) is 1.60. The van der Waals surface area contributed by atoms with E-state index >= 15 is 0 Å². The second kappa shape index (κ2) is 6.64. The zero-order chi connectivity index (χ0) is 23.5. The Hall–Kier alpha value is -0.370. The second-order valence-corrected chi connectivity index (χ2v) is 15.3. The van der Waals surface area contributed by atoms with Gasteiger partial charge in [0.05, 0.1) is 6.10 Å². The minimum atomic E-state index is -0.165. The molecule has 0 bridgehead atoms. The molecule has 2 nitrogen and oxygen atoms in total. The number of aliphatic hydroxyl groups is 1. The van der Waals surface area contributed by atoms with Crippen molar-refractivity contribution in [2.45, 2.75) is 126 Å². The lowest BCUT2D eigenvalue weighted by molar-refractivity contribution is -0.264. The van der Waals surface area contributed by atoms with Gasteiger partial charge in [-0.1, -0.05) is 55.4 Å². The maximum Gasteiger partial charge on any atom is 0.136 e. The summed E-state index contributed by atoms with van der Waals surface area (Å²) in [7, 11) is 0. The Kier molecular flexibility index (Phi) is 4.85. The Balaban J connectivity index is 1.54. The summed E-state index contributed by atoms with van der Waals surface area (Å²) in [6, 6.07) is 0. The standard InChI is InChI=1S/C30H50O2/c1-19-20(31)9-10-21-27(19,5)12-11-22-28(21,6)14-16-30(8)23-17-25(2,3)24(32)18-26(23,4)13-15-29(22,30)7/h19,21-24,32H,9-18H2,1-8H3/t19-,21+,22-,23+,24+,26-,27+,28-,29+,30-/m0/s1. The number of Topliss-reactive ketones (excluding diaryl/α,β-unsaturated/α-hetero) is 1. The third-order valence-corrected chi connectivity index (χ3v) is 13.9. The molecule has 0 aromatic rings. The Morgan fingerprint density at radius 2 is 1.34 bits per heavy atom. The molecule has 32 heavy (non-hydrogen) atoms. The van der Waals surface area contributed by atoms with Crippen molar-refractivity contribution in [3.05, 3.63) is 0 Å². The van der Waals surface area contributed by atoms with Gasteiger partial charge in [0.15, 0.2) is 0 Å². The molecule has 2 heteroatoms. The molecule has 0 saturated heterocycles. The molecule has 5 saturated carbocycles. The van der Waals surface area contributed by atoms with Crippen molar-refractivity contribution < 1.29 is 9.90 Å². The molecule has 0 aliphatic heterocycles. The van der Waals surface area contributed by atoms with E-state index in [2.05, 4.69) is 55.4 Å². The number of ketones is 1. The predicted molar refractivity (Wildman–Crippen MR) is 131 cm³/mol. The molecular weight excluding hydrogens is 392 g/mol. The van der Waals surface area contributed by atoms with Crippen LogP contribution in [0.1, 0.15) is 120 Å². The van der Waals surface area contributed by atoms with Crippen molar-refractivity contribution in [3.63, 3.8) is 0 Å². The largest absolute Gasteiger partial charge is 0.393 e. The van der Waals surface area contributed by atoms with Crippen LogP contribution >= 0.6 is 0 Å². The van der Waals surface area contributed by atoms with Crippen LogP contribution in [0.15, 0.2) is 0 Å². The van der Waals surface area contributed by atoms with Gasteiger partial charge in [0.25, 0.3) is 0 Å². The fourth-order valence-electron chi connectivity index (χ4n) is 11.2. The molecule has 182 valence electrons. The van der Waals surface area contributed by atoms with Crippen LogP contribution in [0.5, 0.6) is 0 Å². The Morgan fingerprint density at radius 1 is 0.719 bits per heavy atom. The lowest BCUT2D eigenvalue weighted by Gasteiger charge is -2.75. The van der Waals surface area contributed by atoms with Gasteiger partial charge in [-0.05, 0) is 108 Å². The molecule has 5 aliphatic rings. The lowest BCUT2D eigenvalue weighted by atomic mass is 9.30. The van der Waals surface area contributed by atoms with Gasteiger partial charge in [-0.25, -0.2) is 0 Å². The zero-order valence-corrected chi connectivity index (χ0v) is 22.3. The van der Waals surface area contributed by atoms with Gasteiger partial charge in [-0.3, -0.25) is 4.79 Å². The average Bonchev–Trinajstić information content (AvgIpc) is 2.70. The summed E-state index contributed by atoms with van der Waals surface area (Å²) in [5, 5.41) is 11.0. The number of hydrogen-bond donors (Lipinski definition) is 1. The number of carbonyl (C=O) groups is 1. The number of fused-ring (bicyclic) bond motifs is 7. The van der Waals surface area contributed by atoms with E-state index < -0.39 is 0 Å². The third kappa shape index (κ3) is 2.66. The van der Waals surface area contributed by atoms with E-state index in [1.54, 1.807) is 0 Å². The van der Waals surface area contributed by atoms with Gasteiger partial charge in [-0.2, -0.15) is 0 Å². The van der Waals surface area contributed by atoms with Crippen molar-refractivity contribution in [2.75, 3.05) is 0 Å². The fourth-order valence-corrected chi connectivity index (χ4v) is 11.2. The van der Waals surface area contributed by atoms with Crippen LogP contribution in [0.4, 0.5) is 0 Å². The number of aliphatic hydroxyl groups excluding tert-OH is 1. The summed E-state index contributed by atoms with van der Waals surface area (Å²) in [6.45, 7) is 19.9. The van der Waals surface area contributed by atoms with Gasteiger partial charge < -0.3 is 5.11 Å². The molecule has 0 heterocycles. The van der Waals surface area contributed by atoms with Crippen LogP contribution in [-0.4, -0.2) is 17.0 Å². The summed E-state index contributed by atoms with van der Waals surface area (Å²) in [4.78, 5) is 12.7. The predicted octanol–water partition coefficient (Wildman–Crippen LogP) is 7.43. The zero-order valence-electron chi connectivity index (χ0n) is 22.3. The van der Waals surface area contributed by atoms with Crippen LogP contribution in [0.3, 0.4) is 0 Å². The average molecular weight is 443 g/mol. The first-order valence-electron chi connectivity index (χ1n) is 13.8. The van der Waals surface area contributed by atoms with Gasteiger partial charge in [0, 0.05) is 12.3 Å². The second-order valence-electron chi connectivity index (χ2n) is 15.3. The summed E-state index contributed by atoms with van der Waals surface area (Å²) < 4.78 is 0. The molecule has 10 atom stereocenters. The molecule has 0 radical (unpaired) electrons. The van der Waals surface area contributed by atoms with Crippen molar-refractivity contribution in [3.8, 4) is 0 Å². The van der Waals surface area contributed by atoms with Crippen LogP contribution in [0.2, 0.25) is 0 Å². The van der Waals surface area contributed by atoms with E-state index in [4.69, 9.17) is 0 Å². The van der Waals surface area contributed by atoms with Gasteiger partial charge in [0.2, 0.25) is 0 Å². The van der Waals surface area contributed by atoms with Crippen LogP contribution in [0.25, 0.3) is 0 Å². The highest BCUT2D eigenvalue weighted by Gasteiger charge is 2.71. The van der Waals surface area contributed by atoms with Crippen LogP contribution in [0, 0.1) is 56.2 Å². The van der Waals surface area contributed by atoms with Crippen LogP contribution < -0.4 is 0 Å². The Bertz CT molecular complexity index is 816. The first kappa shape index (κ1) is 23.4. The molecule has 5 rings (SSSR count). The van der Waals surface area contributed by atoms with E-state index in [1.807, 2.05) is 0 Å². The maximum absolute atomic E-state index is 12.7. The van der Waals surface area contributed by atoms with Crippen LogP contribution in [-0.2, 0) is 4.79 Å². The third-order valence-electron chi connectivity index (χ3n) is 13.9. The number of rotatable bonds is 0. The molecule has 1 N–H and O–H groups in total. The first-order chi connectivity index (χ1) is 14.6. The summed E-state index contributed by atoms with van der Waals surface area (Å²) >= 11 is 0. The lowest BCUT2D eigenvalue weighted by Crippen LogP contribution is -2.68. The van der Waals surface area contributed by atoms with Crippen molar-refractivity contribution in [1.29, 1.82) is 0 Å². The molecule has 0 unspecified atom stereocenters. The molecule has 0 aromatic heterocycles. The molecule has 0 spiro atoms.